The minimum atomic E-state index is -0.409. The summed E-state index contributed by atoms with van der Waals surface area (Å²) in [5, 5.41) is 0. The van der Waals surface area contributed by atoms with Crippen molar-refractivity contribution in [1.82, 2.24) is 8.97 Å². The van der Waals surface area contributed by atoms with Gasteiger partial charge in [-0.1, -0.05) is 29.8 Å². The lowest BCUT2D eigenvalue weighted by molar-refractivity contribution is -0.118. The van der Waals surface area contributed by atoms with E-state index in [1.54, 1.807) is 28.8 Å². The molecule has 0 aliphatic carbocycles. The fourth-order valence-electron chi connectivity index (χ4n) is 3.41. The monoisotopic (exact) mass is 362 g/mol. The van der Waals surface area contributed by atoms with Crippen LogP contribution >= 0.6 is 0 Å². The molecule has 27 heavy (non-hydrogen) atoms. The Bertz CT molecular complexity index is 1200. The fraction of sp³-hybridized carbons (Fsp3) is 0.182. The summed E-state index contributed by atoms with van der Waals surface area (Å²) in [7, 11) is 0. The van der Waals surface area contributed by atoms with Gasteiger partial charge in [-0.3, -0.25) is 9.59 Å². The molecule has 4 rings (SSSR count). The quantitative estimate of drug-likeness (QED) is 0.540. The normalized spacial score (nSPS) is 11.3. The van der Waals surface area contributed by atoms with Gasteiger partial charge < -0.3 is 8.97 Å². The van der Waals surface area contributed by atoms with Crippen molar-refractivity contribution < 1.29 is 9.18 Å². The number of hydrogen-bond acceptors (Lipinski definition) is 2. The third-order valence-electron chi connectivity index (χ3n) is 4.84. The molecule has 0 amide bonds. The van der Waals surface area contributed by atoms with Crippen molar-refractivity contribution in [3.8, 4) is 0 Å². The molecule has 2 aromatic heterocycles. The van der Waals surface area contributed by atoms with Crippen LogP contribution in [0.4, 0.5) is 4.39 Å². The molecule has 0 saturated heterocycles. The Kier molecular flexibility index (Phi) is 4.36. The summed E-state index contributed by atoms with van der Waals surface area (Å²) < 4.78 is 17.1. The highest BCUT2D eigenvalue weighted by Gasteiger charge is 2.13. The number of nitrogens with zero attached hydrogens (tertiary/aromatic N) is 2. The van der Waals surface area contributed by atoms with E-state index in [1.165, 1.54) is 16.7 Å². The third-order valence-corrected chi connectivity index (χ3v) is 4.84. The second kappa shape index (κ2) is 6.83. The van der Waals surface area contributed by atoms with Gasteiger partial charge in [0.15, 0.2) is 0 Å². The highest BCUT2D eigenvalue weighted by atomic mass is 19.1. The van der Waals surface area contributed by atoms with E-state index in [9.17, 15) is 14.0 Å². The molecule has 0 saturated carbocycles. The molecule has 0 bridgehead atoms. The number of carbonyl (C=O) groups is 1. The summed E-state index contributed by atoms with van der Waals surface area (Å²) in [6, 6.07) is 15.7. The van der Waals surface area contributed by atoms with Crippen LogP contribution in [0.15, 0.2) is 65.6 Å². The molecule has 0 aliphatic rings. The minimum Gasteiger partial charge on any atom is -0.310 e. The molecule has 2 heterocycles. The summed E-state index contributed by atoms with van der Waals surface area (Å²) in [6.07, 6.45) is 2.33. The first kappa shape index (κ1) is 17.2. The molecule has 0 aliphatic heterocycles. The number of hydrogen-bond donors (Lipinski definition) is 0. The molecule has 0 fully saturated rings. The van der Waals surface area contributed by atoms with Gasteiger partial charge in [0.05, 0.1) is 11.0 Å². The van der Waals surface area contributed by atoms with Gasteiger partial charge in [0, 0.05) is 25.6 Å². The maximum atomic E-state index is 13.8. The lowest BCUT2D eigenvalue weighted by Crippen LogP contribution is -2.24. The van der Waals surface area contributed by atoms with Crippen molar-refractivity contribution in [3.05, 3.63) is 88.1 Å². The molecule has 4 nitrogen and oxygen atoms in total. The topological polar surface area (TPSA) is 43.5 Å². The van der Waals surface area contributed by atoms with Gasteiger partial charge in [-0.15, -0.1) is 0 Å². The van der Waals surface area contributed by atoms with Crippen LogP contribution in [0.1, 0.15) is 17.5 Å². The Morgan fingerprint density at radius 2 is 1.78 bits per heavy atom. The Morgan fingerprint density at radius 1 is 1.00 bits per heavy atom. The highest BCUT2D eigenvalue weighted by molar-refractivity contribution is 5.82. The van der Waals surface area contributed by atoms with Crippen LogP contribution < -0.4 is 5.56 Å². The standard InChI is InChI=1S/C22H19FN2O2/c1-15-4-6-16(7-5-15)13-18(26)10-12-25-21-14-17(23)8-9-19(21)24-11-2-3-20(24)22(25)27/h2-9,11,14H,10,12-13H2,1H3. The predicted octanol–water partition coefficient (Wildman–Crippen LogP) is 3.90. The van der Waals surface area contributed by atoms with E-state index in [0.717, 1.165) is 16.6 Å². The van der Waals surface area contributed by atoms with E-state index in [4.69, 9.17) is 0 Å². The van der Waals surface area contributed by atoms with Crippen molar-refractivity contribution in [2.45, 2.75) is 26.3 Å². The Morgan fingerprint density at radius 3 is 2.56 bits per heavy atom. The number of fused-ring (bicyclic) bond motifs is 3. The molecule has 0 radical (unpaired) electrons. The maximum Gasteiger partial charge on any atom is 0.275 e. The number of aryl methyl sites for hydroxylation is 2. The van der Waals surface area contributed by atoms with Gasteiger partial charge in [-0.05, 0) is 42.8 Å². The van der Waals surface area contributed by atoms with Gasteiger partial charge in [-0.25, -0.2) is 4.39 Å². The summed E-state index contributed by atoms with van der Waals surface area (Å²) >= 11 is 0. The van der Waals surface area contributed by atoms with Gasteiger partial charge >= 0.3 is 0 Å². The van der Waals surface area contributed by atoms with Gasteiger partial charge in [0.1, 0.15) is 17.1 Å². The zero-order chi connectivity index (χ0) is 19.0. The van der Waals surface area contributed by atoms with Gasteiger partial charge in [0.2, 0.25) is 0 Å². The largest absolute Gasteiger partial charge is 0.310 e. The van der Waals surface area contributed by atoms with Crippen LogP contribution in [0, 0.1) is 12.7 Å². The van der Waals surface area contributed by atoms with E-state index >= 15 is 0 Å². The molecule has 0 unspecified atom stereocenters. The summed E-state index contributed by atoms with van der Waals surface area (Å²) in [6.45, 7) is 2.23. The first-order chi connectivity index (χ1) is 13.0. The van der Waals surface area contributed by atoms with Gasteiger partial charge in [-0.2, -0.15) is 0 Å². The Hall–Kier alpha value is -3.21. The number of Topliss-reactive ketones (excluding diaryl/α,β-unsaturated/α-hetero) is 1. The van der Waals surface area contributed by atoms with Gasteiger partial charge in [0.25, 0.3) is 5.56 Å². The van der Waals surface area contributed by atoms with E-state index < -0.39 is 5.82 Å². The minimum absolute atomic E-state index is 0.0468. The summed E-state index contributed by atoms with van der Waals surface area (Å²) in [5.41, 5.74) is 3.62. The Labute approximate surface area is 155 Å². The van der Waals surface area contributed by atoms with E-state index in [1.807, 2.05) is 31.2 Å². The molecule has 136 valence electrons. The Balaban J connectivity index is 1.65. The summed E-state index contributed by atoms with van der Waals surface area (Å²) in [4.78, 5) is 25.2. The van der Waals surface area contributed by atoms with Crippen molar-refractivity contribution >= 4 is 22.3 Å². The lowest BCUT2D eigenvalue weighted by atomic mass is 10.1. The molecule has 0 atom stereocenters. The number of aromatic nitrogens is 2. The molecule has 0 spiro atoms. The first-order valence-corrected chi connectivity index (χ1v) is 8.89. The van der Waals surface area contributed by atoms with E-state index in [-0.39, 0.29) is 24.3 Å². The van der Waals surface area contributed by atoms with Crippen LogP contribution in [0.25, 0.3) is 16.6 Å². The smallest absolute Gasteiger partial charge is 0.275 e. The number of carbonyl (C=O) groups excluding carboxylic acids is 1. The lowest BCUT2D eigenvalue weighted by Gasteiger charge is -2.12. The predicted molar refractivity (Wildman–Crippen MR) is 104 cm³/mol. The van der Waals surface area contributed by atoms with Crippen molar-refractivity contribution in [3.63, 3.8) is 0 Å². The molecule has 2 aromatic carbocycles. The third kappa shape index (κ3) is 3.28. The second-order valence-corrected chi connectivity index (χ2v) is 6.80. The molecular weight excluding hydrogens is 343 g/mol. The fourth-order valence-corrected chi connectivity index (χ4v) is 3.41. The highest BCUT2D eigenvalue weighted by Crippen LogP contribution is 2.17. The SMILES string of the molecule is Cc1ccc(CC(=O)CCn2c(=O)c3cccn3c3ccc(F)cc32)cc1. The number of rotatable bonds is 5. The van der Waals surface area contributed by atoms with Crippen molar-refractivity contribution in [2.75, 3.05) is 0 Å². The van der Waals surface area contributed by atoms with E-state index in [0.29, 0.717) is 17.5 Å². The van der Waals surface area contributed by atoms with Crippen LogP contribution in [-0.4, -0.2) is 14.8 Å². The molecule has 0 N–H and O–H groups in total. The van der Waals surface area contributed by atoms with Crippen LogP contribution in [0.5, 0.6) is 0 Å². The van der Waals surface area contributed by atoms with E-state index in [2.05, 4.69) is 0 Å². The molecule has 5 heteroatoms. The molecule has 4 aromatic rings. The first-order valence-electron chi connectivity index (χ1n) is 8.89. The number of ketones is 1. The average Bonchev–Trinajstić information content (AvgIpc) is 3.13. The van der Waals surface area contributed by atoms with Crippen LogP contribution in [0.2, 0.25) is 0 Å². The zero-order valence-electron chi connectivity index (χ0n) is 15.0. The number of benzene rings is 2. The van der Waals surface area contributed by atoms with Crippen LogP contribution in [0.3, 0.4) is 0 Å². The maximum absolute atomic E-state index is 13.8. The molecular formula is C22H19FN2O2. The summed E-state index contributed by atoms with van der Waals surface area (Å²) in [5.74, 6) is -0.362. The second-order valence-electron chi connectivity index (χ2n) is 6.80. The average molecular weight is 362 g/mol. The van der Waals surface area contributed by atoms with Crippen molar-refractivity contribution in [2.24, 2.45) is 0 Å². The van der Waals surface area contributed by atoms with Crippen LogP contribution in [-0.2, 0) is 17.8 Å². The zero-order valence-corrected chi connectivity index (χ0v) is 15.0. The number of halogens is 1. The van der Waals surface area contributed by atoms with Crippen molar-refractivity contribution in [1.29, 1.82) is 0 Å².